The predicted octanol–water partition coefficient (Wildman–Crippen LogP) is 1.01. The molecule has 7 nitrogen and oxygen atoms in total. The molecule has 2 heterocycles. The molecule has 2 amide bonds. The molecule has 0 saturated carbocycles. The highest BCUT2D eigenvalue weighted by Crippen LogP contribution is 2.17. The van der Waals surface area contributed by atoms with Gasteiger partial charge in [0, 0.05) is 43.6 Å². The van der Waals surface area contributed by atoms with Gasteiger partial charge in [-0.25, -0.2) is 14.8 Å². The molecule has 0 aromatic carbocycles. The highest BCUT2D eigenvalue weighted by molar-refractivity contribution is 5.74. The highest BCUT2D eigenvalue weighted by Gasteiger charge is 2.23. The lowest BCUT2D eigenvalue weighted by molar-refractivity contribution is 0.236. The summed E-state index contributed by atoms with van der Waals surface area (Å²) in [7, 11) is 1.56. The average Bonchev–Trinajstić information content (AvgIpc) is 2.93. The summed E-state index contributed by atoms with van der Waals surface area (Å²) in [5.41, 5.74) is 1.08. The number of ether oxygens (including phenoxy) is 1. The number of urea groups is 1. The molecular formula is C15H25N5O2. The molecule has 1 aliphatic heterocycles. The SMILES string of the molecule is COc1ncc(CN2CCC(CNC(=O)NC(C)C)C2)cn1. The van der Waals surface area contributed by atoms with Crippen molar-refractivity contribution in [3.05, 3.63) is 18.0 Å². The van der Waals surface area contributed by atoms with E-state index in [9.17, 15) is 4.79 Å². The van der Waals surface area contributed by atoms with Gasteiger partial charge in [0.1, 0.15) is 0 Å². The standard InChI is InChI=1S/C15H25N5O2/c1-11(2)19-14(21)16-6-12-4-5-20(9-12)10-13-7-17-15(22-3)18-8-13/h7-8,11-12H,4-6,9-10H2,1-3H3,(H2,16,19,21). The van der Waals surface area contributed by atoms with Crippen LogP contribution in [0.25, 0.3) is 0 Å². The summed E-state index contributed by atoms with van der Waals surface area (Å²) >= 11 is 0. The minimum atomic E-state index is -0.0861. The maximum atomic E-state index is 11.6. The van der Waals surface area contributed by atoms with Gasteiger partial charge in [-0.05, 0) is 32.7 Å². The molecule has 7 heteroatoms. The number of aromatic nitrogens is 2. The van der Waals surface area contributed by atoms with E-state index in [2.05, 4.69) is 25.5 Å². The molecule has 0 radical (unpaired) electrons. The molecule has 1 aromatic rings. The Morgan fingerprint density at radius 1 is 1.45 bits per heavy atom. The summed E-state index contributed by atoms with van der Waals surface area (Å²) in [4.78, 5) is 22.2. The summed E-state index contributed by atoms with van der Waals surface area (Å²) < 4.78 is 4.96. The smallest absolute Gasteiger partial charge is 0.316 e. The molecular weight excluding hydrogens is 282 g/mol. The van der Waals surface area contributed by atoms with Crippen LogP contribution < -0.4 is 15.4 Å². The van der Waals surface area contributed by atoms with Crippen LogP contribution >= 0.6 is 0 Å². The monoisotopic (exact) mass is 307 g/mol. The number of rotatable bonds is 6. The van der Waals surface area contributed by atoms with Crippen LogP contribution in [0.2, 0.25) is 0 Å². The van der Waals surface area contributed by atoms with E-state index in [-0.39, 0.29) is 12.1 Å². The normalized spacial score (nSPS) is 18.5. The topological polar surface area (TPSA) is 79.4 Å². The summed E-state index contributed by atoms with van der Waals surface area (Å²) in [5.74, 6) is 0.497. The molecule has 2 N–H and O–H groups in total. The Labute approximate surface area is 131 Å². The molecule has 0 aliphatic carbocycles. The van der Waals surface area contributed by atoms with Gasteiger partial charge in [-0.15, -0.1) is 0 Å². The Kier molecular flexibility index (Phi) is 5.94. The fraction of sp³-hybridized carbons (Fsp3) is 0.667. The summed E-state index contributed by atoms with van der Waals surface area (Å²) in [6.07, 6.45) is 4.69. The van der Waals surface area contributed by atoms with Gasteiger partial charge >= 0.3 is 12.0 Å². The van der Waals surface area contributed by atoms with Gasteiger partial charge in [0.05, 0.1) is 7.11 Å². The van der Waals surface area contributed by atoms with Crippen LogP contribution in [-0.4, -0.2) is 53.7 Å². The van der Waals surface area contributed by atoms with Crippen LogP contribution in [0.3, 0.4) is 0 Å². The van der Waals surface area contributed by atoms with E-state index in [1.165, 1.54) is 0 Å². The summed E-state index contributed by atoms with van der Waals surface area (Å²) in [5, 5.41) is 5.77. The number of nitrogens with zero attached hydrogens (tertiary/aromatic N) is 3. The van der Waals surface area contributed by atoms with Gasteiger partial charge in [-0.2, -0.15) is 0 Å². The summed E-state index contributed by atoms with van der Waals surface area (Å²) in [6.45, 7) is 7.46. The van der Waals surface area contributed by atoms with Crippen molar-refractivity contribution >= 4 is 6.03 Å². The molecule has 1 atom stereocenters. The van der Waals surface area contributed by atoms with Crippen molar-refractivity contribution in [1.29, 1.82) is 0 Å². The van der Waals surface area contributed by atoms with E-state index >= 15 is 0 Å². The van der Waals surface area contributed by atoms with Crippen LogP contribution in [-0.2, 0) is 6.54 Å². The second-order valence-corrected chi connectivity index (χ2v) is 5.98. The lowest BCUT2D eigenvalue weighted by Gasteiger charge is -2.16. The molecule has 22 heavy (non-hydrogen) atoms. The van der Waals surface area contributed by atoms with Crippen LogP contribution in [0.5, 0.6) is 6.01 Å². The Morgan fingerprint density at radius 2 is 2.18 bits per heavy atom. The van der Waals surface area contributed by atoms with Crippen LogP contribution in [0.1, 0.15) is 25.8 Å². The van der Waals surface area contributed by atoms with Crippen LogP contribution in [0, 0.1) is 5.92 Å². The zero-order valence-corrected chi connectivity index (χ0v) is 13.5. The molecule has 1 unspecified atom stereocenters. The molecule has 122 valence electrons. The first-order valence-electron chi connectivity index (χ1n) is 7.68. The molecule has 1 aromatic heterocycles. The van der Waals surface area contributed by atoms with E-state index < -0.39 is 0 Å². The first-order valence-corrected chi connectivity index (χ1v) is 7.68. The fourth-order valence-corrected chi connectivity index (χ4v) is 2.56. The number of hydrogen-bond acceptors (Lipinski definition) is 5. The first kappa shape index (κ1) is 16.5. The number of nitrogens with one attached hydrogen (secondary N) is 2. The van der Waals surface area contributed by atoms with Gasteiger partial charge in [0.2, 0.25) is 0 Å². The van der Waals surface area contributed by atoms with E-state index in [1.54, 1.807) is 19.5 Å². The molecule has 2 rings (SSSR count). The quantitative estimate of drug-likeness (QED) is 0.820. The number of carbonyl (C=O) groups is 1. The van der Waals surface area contributed by atoms with Crippen molar-refractivity contribution in [2.45, 2.75) is 32.9 Å². The van der Waals surface area contributed by atoms with Crippen molar-refractivity contribution in [1.82, 2.24) is 25.5 Å². The largest absolute Gasteiger partial charge is 0.467 e. The Bertz CT molecular complexity index is 477. The highest BCUT2D eigenvalue weighted by atomic mass is 16.5. The molecule has 0 bridgehead atoms. The Hall–Kier alpha value is -1.89. The minimum Gasteiger partial charge on any atom is -0.467 e. The van der Waals surface area contributed by atoms with E-state index in [1.807, 2.05) is 13.8 Å². The number of carbonyl (C=O) groups excluding carboxylic acids is 1. The number of likely N-dealkylation sites (tertiary alicyclic amines) is 1. The first-order chi connectivity index (χ1) is 10.6. The van der Waals surface area contributed by atoms with Gasteiger partial charge < -0.3 is 15.4 Å². The van der Waals surface area contributed by atoms with Crippen molar-refractivity contribution in [2.24, 2.45) is 5.92 Å². The lowest BCUT2D eigenvalue weighted by atomic mass is 10.1. The predicted molar refractivity (Wildman–Crippen MR) is 83.6 cm³/mol. The van der Waals surface area contributed by atoms with Crippen molar-refractivity contribution in [2.75, 3.05) is 26.7 Å². The minimum absolute atomic E-state index is 0.0861. The molecule has 1 fully saturated rings. The van der Waals surface area contributed by atoms with Crippen LogP contribution in [0.4, 0.5) is 4.79 Å². The van der Waals surface area contributed by atoms with E-state index in [0.29, 0.717) is 18.5 Å². The Morgan fingerprint density at radius 3 is 2.82 bits per heavy atom. The van der Waals surface area contributed by atoms with Crippen molar-refractivity contribution in [3.8, 4) is 6.01 Å². The third-order valence-electron chi connectivity index (χ3n) is 3.61. The Balaban J connectivity index is 1.71. The zero-order chi connectivity index (χ0) is 15.9. The van der Waals surface area contributed by atoms with Gasteiger partial charge in [0.15, 0.2) is 0 Å². The van der Waals surface area contributed by atoms with Gasteiger partial charge in [0.25, 0.3) is 0 Å². The van der Waals surface area contributed by atoms with Crippen molar-refractivity contribution < 1.29 is 9.53 Å². The van der Waals surface area contributed by atoms with Gasteiger partial charge in [-0.3, -0.25) is 4.90 Å². The zero-order valence-electron chi connectivity index (χ0n) is 13.5. The van der Waals surface area contributed by atoms with Crippen molar-refractivity contribution in [3.63, 3.8) is 0 Å². The van der Waals surface area contributed by atoms with E-state index in [0.717, 1.165) is 31.6 Å². The third-order valence-corrected chi connectivity index (χ3v) is 3.61. The van der Waals surface area contributed by atoms with E-state index in [4.69, 9.17) is 4.74 Å². The third kappa shape index (κ3) is 5.14. The van der Waals surface area contributed by atoms with Crippen LogP contribution in [0.15, 0.2) is 12.4 Å². The second kappa shape index (κ2) is 7.93. The molecule has 1 aliphatic rings. The van der Waals surface area contributed by atoms with Gasteiger partial charge in [-0.1, -0.05) is 0 Å². The number of hydrogen-bond donors (Lipinski definition) is 2. The maximum Gasteiger partial charge on any atom is 0.316 e. The average molecular weight is 307 g/mol. The maximum absolute atomic E-state index is 11.6. The number of methoxy groups -OCH3 is 1. The summed E-state index contributed by atoms with van der Waals surface area (Å²) in [6, 6.07) is 0.468. The lowest BCUT2D eigenvalue weighted by Crippen LogP contribution is -2.41. The fourth-order valence-electron chi connectivity index (χ4n) is 2.56. The second-order valence-electron chi connectivity index (χ2n) is 5.98. The molecule has 0 spiro atoms. The number of amides is 2. The molecule has 1 saturated heterocycles.